The van der Waals surface area contributed by atoms with E-state index < -0.39 is 32.1 Å². The number of hydrogen-bond donors (Lipinski definition) is 3. The highest BCUT2D eigenvalue weighted by molar-refractivity contribution is 9.10. The summed E-state index contributed by atoms with van der Waals surface area (Å²) in [5.41, 5.74) is 3.84. The number of rotatable bonds is 13. The van der Waals surface area contributed by atoms with Gasteiger partial charge in [-0.05, 0) is 87.2 Å². The maximum atomic E-state index is 14.0. The molecule has 10 rings (SSSR count). The van der Waals surface area contributed by atoms with E-state index in [-0.39, 0.29) is 96.0 Å². The van der Waals surface area contributed by atoms with Crippen molar-refractivity contribution in [3.8, 4) is 39.8 Å². The molecular weight excluding hydrogens is 1280 g/mol. The number of pyridine rings is 2. The number of nitrogens with zero attached hydrogens (tertiary/aromatic N) is 6. The van der Waals surface area contributed by atoms with Crippen molar-refractivity contribution in [2.75, 3.05) is 36.8 Å². The topological polar surface area (TPSA) is 243 Å². The van der Waals surface area contributed by atoms with Crippen LogP contribution < -0.4 is 34.7 Å². The first-order valence-electron chi connectivity index (χ1n) is 22.5. The molecule has 0 fully saturated rings. The first kappa shape index (κ1) is 63.6. The largest absolute Gasteiger partial charge is 0.569 e. The van der Waals surface area contributed by atoms with Gasteiger partial charge in [-0.3, -0.25) is 28.2 Å². The molecule has 4 aromatic carbocycles. The summed E-state index contributed by atoms with van der Waals surface area (Å²) in [5, 5.41) is 16.4. The summed E-state index contributed by atoms with van der Waals surface area (Å²) >= 11 is 27.7. The third kappa shape index (κ3) is 14.9. The Hall–Kier alpha value is -5.60. The monoisotopic (exact) mass is 1320 g/mol. The van der Waals surface area contributed by atoms with Crippen LogP contribution in [0.25, 0.3) is 22.5 Å². The summed E-state index contributed by atoms with van der Waals surface area (Å²) in [5.74, 6) is 0.0803. The zero-order valence-electron chi connectivity index (χ0n) is 41.7. The van der Waals surface area contributed by atoms with Crippen LogP contribution in [0.15, 0.2) is 133 Å². The number of hydrogen-bond acceptors (Lipinski definition) is 14. The minimum Gasteiger partial charge on any atom is -0.537 e. The number of methoxy groups -OCH3 is 2. The molecule has 0 saturated carbocycles. The van der Waals surface area contributed by atoms with Crippen molar-refractivity contribution in [1.29, 1.82) is 0 Å². The predicted octanol–water partition coefficient (Wildman–Crippen LogP) is 9.13. The summed E-state index contributed by atoms with van der Waals surface area (Å²) in [4.78, 5) is 25.8. The molecule has 2 unspecified atom stereocenters. The van der Waals surface area contributed by atoms with Gasteiger partial charge >= 0.3 is 28.1 Å². The normalized spacial score (nSPS) is 13.1. The lowest BCUT2D eigenvalue weighted by molar-refractivity contribution is 0.384. The molecule has 8 aromatic rings. The second kappa shape index (κ2) is 27.4. The van der Waals surface area contributed by atoms with E-state index in [1.807, 2.05) is 0 Å². The molecule has 6 heterocycles. The molecule has 4 aromatic heterocycles. The lowest BCUT2D eigenvalue weighted by Crippen LogP contribution is -2.41. The second-order valence-corrected chi connectivity index (χ2v) is 22.4. The Bertz CT molecular complexity index is 3840. The molecule has 0 saturated heterocycles. The Labute approximate surface area is 491 Å². The van der Waals surface area contributed by atoms with Crippen molar-refractivity contribution in [2.24, 2.45) is 0 Å². The van der Waals surface area contributed by atoms with E-state index in [1.165, 1.54) is 87.0 Å². The molecule has 0 spiro atoms. The van der Waals surface area contributed by atoms with Crippen molar-refractivity contribution >= 4 is 122 Å². The first-order chi connectivity index (χ1) is 37.2. The van der Waals surface area contributed by atoms with Gasteiger partial charge in [0.15, 0.2) is 11.6 Å². The van der Waals surface area contributed by atoms with Gasteiger partial charge in [0.1, 0.15) is 41.4 Å². The number of fused-ring (bicyclic) bond motifs is 2. The Morgan fingerprint density at radius 2 is 1.12 bits per heavy atom. The van der Waals surface area contributed by atoms with Crippen LogP contribution in [0.3, 0.4) is 0 Å². The van der Waals surface area contributed by atoms with Crippen LogP contribution in [-0.2, 0) is 46.3 Å². The fourth-order valence-electron chi connectivity index (χ4n) is 8.26. The Morgan fingerprint density at radius 3 is 1.57 bits per heavy atom. The molecule has 0 amide bonds. The minimum atomic E-state index is -3.91. The predicted molar refractivity (Wildman–Crippen MR) is 314 cm³/mol. The van der Waals surface area contributed by atoms with Gasteiger partial charge < -0.3 is 28.2 Å². The van der Waals surface area contributed by atoms with Crippen LogP contribution in [0.1, 0.15) is 22.5 Å². The van der Waals surface area contributed by atoms with Crippen LogP contribution in [0.2, 0.25) is 20.1 Å². The van der Waals surface area contributed by atoms with Crippen LogP contribution in [0, 0.1) is 11.6 Å². The number of benzene rings is 4. The zero-order chi connectivity index (χ0) is 56.1. The number of nitrogens with one attached hydrogen (secondary N) is 2. The highest BCUT2D eigenvalue weighted by Gasteiger charge is 2.32. The molecule has 0 bridgehead atoms. The van der Waals surface area contributed by atoms with Gasteiger partial charge in [-0.2, -0.15) is 45.2 Å². The summed E-state index contributed by atoms with van der Waals surface area (Å²) in [7, 11) is -4.34. The highest BCUT2D eigenvalue weighted by Crippen LogP contribution is 2.39. The van der Waals surface area contributed by atoms with Gasteiger partial charge in [0.2, 0.25) is 0 Å². The quantitative estimate of drug-likeness (QED) is 0.0720. The maximum Gasteiger partial charge on any atom is 0.569 e. The molecule has 3 N–H and O–H groups in total. The van der Waals surface area contributed by atoms with Crippen molar-refractivity contribution in [1.82, 2.24) is 28.1 Å². The van der Waals surface area contributed by atoms with Crippen LogP contribution in [0.5, 0.6) is 17.2 Å². The van der Waals surface area contributed by atoms with E-state index in [1.54, 1.807) is 42.5 Å². The third-order valence-corrected chi connectivity index (χ3v) is 16.5. The molecule has 32 heteroatoms. The van der Waals surface area contributed by atoms with Crippen molar-refractivity contribution in [2.45, 2.75) is 25.9 Å². The molecule has 1 radical (unpaired) electrons. The summed E-state index contributed by atoms with van der Waals surface area (Å²) in [6.07, 6.45) is 3.10. The zero-order valence-corrected chi connectivity index (χ0v) is 50.8. The van der Waals surface area contributed by atoms with Crippen LogP contribution in [-0.4, -0.2) is 84.9 Å². The smallest absolute Gasteiger partial charge is 0.537 e. The van der Waals surface area contributed by atoms with Crippen molar-refractivity contribution in [3.63, 3.8) is 0 Å². The molecule has 2 aliphatic heterocycles. The third-order valence-electron chi connectivity index (χ3n) is 11.7. The van der Waals surface area contributed by atoms with E-state index in [9.17, 15) is 35.2 Å². The van der Waals surface area contributed by atoms with E-state index in [2.05, 4.69) is 49.4 Å². The Balaban J connectivity index is 0.000000215. The summed E-state index contributed by atoms with van der Waals surface area (Å²) in [6, 6.07) is 23.0. The lowest BCUT2D eigenvalue weighted by atomic mass is 10.0. The second-order valence-electron chi connectivity index (χ2n) is 16.5. The van der Waals surface area contributed by atoms with Gasteiger partial charge in [-0.25, -0.2) is 8.78 Å². The molecule has 20 nitrogen and oxygen atoms in total. The molecule has 2 aliphatic rings. The average Bonchev–Trinajstić information content (AvgIpc) is 4.13. The van der Waals surface area contributed by atoms with Crippen LogP contribution >= 0.6 is 82.1 Å². The Kier molecular flexibility index (Phi) is 21.8. The van der Waals surface area contributed by atoms with E-state index >= 15 is 0 Å². The minimum absolute atomic E-state index is 0. The maximum absolute atomic E-state index is 14.0. The first-order valence-corrected chi connectivity index (χ1v) is 27.7. The fourth-order valence-corrected chi connectivity index (χ4v) is 11.7. The molecule has 2 atom stereocenters. The van der Waals surface area contributed by atoms with Crippen molar-refractivity contribution < 1.29 is 53.8 Å². The molecular formula is C48H45BBrCl4F2N8O12P2S2. The number of halogens is 7. The van der Waals surface area contributed by atoms with Gasteiger partial charge in [0.05, 0.1) is 35.6 Å². The highest BCUT2D eigenvalue weighted by atomic mass is 79.9. The number of anilines is 2. The average molecular weight is 1320 g/mol. The van der Waals surface area contributed by atoms with Gasteiger partial charge in [0.25, 0.3) is 11.1 Å². The van der Waals surface area contributed by atoms with E-state index in [4.69, 9.17) is 60.9 Å². The van der Waals surface area contributed by atoms with Crippen molar-refractivity contribution in [3.05, 3.63) is 189 Å². The standard InChI is InChI=1S/C24H19Cl2FN4O5S.C18H16BrClN4O5S.C6H4BClFO2.2H3P/c1-35-22-11-18(15-8-16(25)10-17(27)9-15)19(26)12-21(22)31-20-4-6-30(13-14(20)2-3-24(31)32)37(33,34)29-23-5-7-36-28-23;1-28-16-8-12(19)13(20)9-15(16)24-14-4-6-23(10-11(14)2-3-18(24)25)30(26,27)22-17-5-7-29-21-17;8-4-1-5(9)3-6(2-4)11-7-10;;/h2-3,5,7-12H,4,6,13H2,1H3,(H,28,29);2-3,5,7-9H,4,6,10H2,1H3,(H,21,22);1-3,10H;2*1H3. The number of aromatic nitrogens is 4. The SMILES string of the molecule is COc1cc(-c2cc(F)cc(Cl)c2)c(Cl)cc1-n1c2c(ccc1=O)CN(S(=O)(=O)Nc1ccon1)CC2.COc1cc(Br)c(Cl)cc1-n1c2c(ccc1=O)CN(S(=O)(=O)Nc1ccon1)CC2.O[B]Oc1cc(F)cc(Cl)c1.P.P. The molecule has 423 valence electrons. The molecule has 0 aliphatic carbocycles. The van der Waals surface area contributed by atoms with Crippen LogP contribution in [0.4, 0.5) is 20.4 Å². The molecule has 80 heavy (non-hydrogen) atoms. The van der Waals surface area contributed by atoms with E-state index in [0.29, 0.717) is 80.1 Å². The van der Waals surface area contributed by atoms with E-state index in [0.717, 1.165) is 12.1 Å². The van der Waals surface area contributed by atoms with Gasteiger partial charge in [0, 0.05) is 101 Å². The summed E-state index contributed by atoms with van der Waals surface area (Å²) in [6.45, 7) is 0.407. The number of ether oxygens (including phenoxy) is 2. The lowest BCUT2D eigenvalue weighted by Gasteiger charge is -2.30. The van der Waals surface area contributed by atoms with Gasteiger partial charge in [-0.1, -0.05) is 68.8 Å². The van der Waals surface area contributed by atoms with Gasteiger partial charge in [-0.15, -0.1) is 0 Å². The summed E-state index contributed by atoms with van der Waals surface area (Å²) < 4.78 is 113. The Morgan fingerprint density at radius 1 is 0.650 bits per heavy atom. The fraction of sp³-hybridized carbons (Fsp3) is 0.167.